The van der Waals surface area contributed by atoms with Gasteiger partial charge in [0, 0.05) is 21.8 Å². The molecular formula is C17H14O2S. The molecule has 3 heteroatoms. The lowest BCUT2D eigenvalue weighted by molar-refractivity contribution is 0.103. The summed E-state index contributed by atoms with van der Waals surface area (Å²) in [6, 6.07) is 15.5. The van der Waals surface area contributed by atoms with E-state index >= 15 is 0 Å². The highest BCUT2D eigenvalue weighted by atomic mass is 32.2. The third kappa shape index (κ3) is 2.49. The fourth-order valence-electron chi connectivity index (χ4n) is 2.18. The number of methoxy groups -OCH3 is 1. The minimum Gasteiger partial charge on any atom is -0.497 e. The van der Waals surface area contributed by atoms with Gasteiger partial charge in [-0.25, -0.2) is 0 Å². The Bertz CT molecular complexity index is 672. The lowest BCUT2D eigenvalue weighted by Crippen LogP contribution is -2.11. The molecule has 0 amide bonds. The molecule has 3 rings (SSSR count). The smallest absolute Gasteiger partial charge is 0.191 e. The van der Waals surface area contributed by atoms with E-state index in [-0.39, 0.29) is 5.78 Å². The van der Waals surface area contributed by atoms with Gasteiger partial charge in [0.15, 0.2) is 5.78 Å². The summed E-state index contributed by atoms with van der Waals surface area (Å²) >= 11 is 1.71. The largest absolute Gasteiger partial charge is 0.497 e. The van der Waals surface area contributed by atoms with Crippen molar-refractivity contribution in [2.75, 3.05) is 12.9 Å². The molecule has 2 nitrogen and oxygen atoms in total. The zero-order valence-corrected chi connectivity index (χ0v) is 11.9. The second-order valence-electron chi connectivity index (χ2n) is 4.56. The number of hydrogen-bond acceptors (Lipinski definition) is 3. The van der Waals surface area contributed by atoms with Crippen molar-refractivity contribution in [3.8, 4) is 5.75 Å². The maximum Gasteiger partial charge on any atom is 0.191 e. The number of ketones is 1. The number of carbonyl (C=O) groups excluding carboxylic acids is 1. The van der Waals surface area contributed by atoms with E-state index in [1.807, 2.05) is 54.6 Å². The van der Waals surface area contributed by atoms with Gasteiger partial charge >= 0.3 is 0 Å². The molecule has 20 heavy (non-hydrogen) atoms. The molecule has 0 spiro atoms. The van der Waals surface area contributed by atoms with E-state index in [1.54, 1.807) is 18.9 Å². The summed E-state index contributed by atoms with van der Waals surface area (Å²) in [4.78, 5) is 13.5. The molecular weight excluding hydrogens is 268 g/mol. The van der Waals surface area contributed by atoms with E-state index in [2.05, 4.69) is 0 Å². The minimum atomic E-state index is 0.134. The van der Waals surface area contributed by atoms with Crippen molar-refractivity contribution in [1.82, 2.24) is 0 Å². The van der Waals surface area contributed by atoms with Crippen molar-refractivity contribution in [2.24, 2.45) is 0 Å². The van der Waals surface area contributed by atoms with Gasteiger partial charge in [0.25, 0.3) is 0 Å². The van der Waals surface area contributed by atoms with Crippen LogP contribution in [0.4, 0.5) is 0 Å². The Morgan fingerprint density at radius 2 is 1.85 bits per heavy atom. The maximum atomic E-state index is 12.4. The quantitative estimate of drug-likeness (QED) is 0.777. The van der Waals surface area contributed by atoms with Gasteiger partial charge in [-0.1, -0.05) is 24.3 Å². The first-order chi connectivity index (χ1) is 9.78. The van der Waals surface area contributed by atoms with E-state index in [4.69, 9.17) is 4.74 Å². The van der Waals surface area contributed by atoms with Gasteiger partial charge < -0.3 is 4.74 Å². The third-order valence-electron chi connectivity index (χ3n) is 3.26. The first kappa shape index (κ1) is 13.0. The minimum absolute atomic E-state index is 0.134. The van der Waals surface area contributed by atoms with Crippen molar-refractivity contribution in [3.63, 3.8) is 0 Å². The molecule has 100 valence electrons. The van der Waals surface area contributed by atoms with E-state index in [0.29, 0.717) is 0 Å². The van der Waals surface area contributed by atoms with Crippen molar-refractivity contribution < 1.29 is 9.53 Å². The van der Waals surface area contributed by atoms with Crippen LogP contribution in [-0.4, -0.2) is 18.6 Å². The van der Waals surface area contributed by atoms with Crippen molar-refractivity contribution in [2.45, 2.75) is 4.90 Å². The SMILES string of the molecule is COc1ccc(/C=C2/CSc3ccccc3C2=O)cc1. The molecule has 0 aromatic heterocycles. The number of carbonyl (C=O) groups is 1. The number of Topliss-reactive ketones (excluding diaryl/α,β-unsaturated/α-hetero) is 1. The lowest BCUT2D eigenvalue weighted by atomic mass is 10.0. The third-order valence-corrected chi connectivity index (χ3v) is 4.39. The monoisotopic (exact) mass is 282 g/mol. The van der Waals surface area contributed by atoms with Crippen LogP contribution in [-0.2, 0) is 0 Å². The van der Waals surface area contributed by atoms with Crippen LogP contribution in [0.1, 0.15) is 15.9 Å². The summed E-state index contributed by atoms with van der Waals surface area (Å²) in [5, 5.41) is 0. The molecule has 0 saturated heterocycles. The van der Waals surface area contributed by atoms with Gasteiger partial charge in [-0.15, -0.1) is 11.8 Å². The average Bonchev–Trinajstić information content (AvgIpc) is 2.51. The van der Waals surface area contributed by atoms with E-state index < -0.39 is 0 Å². The van der Waals surface area contributed by atoms with Gasteiger partial charge in [0.2, 0.25) is 0 Å². The molecule has 0 N–H and O–H groups in total. The molecule has 1 aliphatic heterocycles. The molecule has 0 bridgehead atoms. The van der Waals surface area contributed by atoms with Gasteiger partial charge in [-0.05, 0) is 35.9 Å². The van der Waals surface area contributed by atoms with Gasteiger partial charge in [-0.3, -0.25) is 4.79 Å². The number of ether oxygens (including phenoxy) is 1. The summed E-state index contributed by atoms with van der Waals surface area (Å²) in [7, 11) is 1.64. The molecule has 0 saturated carbocycles. The number of fused-ring (bicyclic) bond motifs is 1. The maximum absolute atomic E-state index is 12.4. The van der Waals surface area contributed by atoms with Crippen molar-refractivity contribution in [1.29, 1.82) is 0 Å². The van der Waals surface area contributed by atoms with Crippen LogP contribution in [0.2, 0.25) is 0 Å². The Labute approximate surface area is 122 Å². The number of benzene rings is 2. The molecule has 2 aromatic rings. The van der Waals surface area contributed by atoms with E-state index in [9.17, 15) is 4.79 Å². The molecule has 0 atom stereocenters. The summed E-state index contributed by atoms with van der Waals surface area (Å²) in [5.41, 5.74) is 2.68. The topological polar surface area (TPSA) is 26.3 Å². The Morgan fingerprint density at radius 1 is 1.10 bits per heavy atom. The van der Waals surface area contributed by atoms with Crippen LogP contribution in [0, 0.1) is 0 Å². The van der Waals surface area contributed by atoms with Crippen molar-refractivity contribution in [3.05, 3.63) is 65.2 Å². The molecule has 1 heterocycles. The molecule has 2 aromatic carbocycles. The van der Waals surface area contributed by atoms with Crippen LogP contribution in [0.25, 0.3) is 6.08 Å². The standard InChI is InChI=1S/C17H14O2S/c1-19-14-8-6-12(7-9-14)10-13-11-20-16-5-3-2-4-15(16)17(13)18/h2-10H,11H2,1H3/b13-10-. The predicted molar refractivity (Wildman–Crippen MR) is 82.5 cm³/mol. The molecule has 1 aliphatic rings. The van der Waals surface area contributed by atoms with Gasteiger partial charge in [-0.2, -0.15) is 0 Å². The van der Waals surface area contributed by atoms with Gasteiger partial charge in [0.05, 0.1) is 7.11 Å². The fraction of sp³-hybridized carbons (Fsp3) is 0.118. The first-order valence-electron chi connectivity index (χ1n) is 6.39. The summed E-state index contributed by atoms with van der Waals surface area (Å²) in [5.74, 6) is 1.68. The highest BCUT2D eigenvalue weighted by molar-refractivity contribution is 7.99. The molecule has 0 fully saturated rings. The Kier molecular flexibility index (Phi) is 3.61. The Morgan fingerprint density at radius 3 is 2.60 bits per heavy atom. The predicted octanol–water partition coefficient (Wildman–Crippen LogP) is 4.07. The zero-order chi connectivity index (χ0) is 13.9. The van der Waals surface area contributed by atoms with Gasteiger partial charge in [0.1, 0.15) is 5.75 Å². The lowest BCUT2D eigenvalue weighted by Gasteiger charge is -2.16. The van der Waals surface area contributed by atoms with Crippen LogP contribution in [0.3, 0.4) is 0 Å². The second-order valence-corrected chi connectivity index (χ2v) is 5.57. The highest BCUT2D eigenvalue weighted by Crippen LogP contribution is 2.33. The zero-order valence-electron chi connectivity index (χ0n) is 11.1. The number of rotatable bonds is 2. The summed E-state index contributed by atoms with van der Waals surface area (Å²) in [6.45, 7) is 0. The normalized spacial score (nSPS) is 16.1. The van der Waals surface area contributed by atoms with Crippen LogP contribution < -0.4 is 4.74 Å². The highest BCUT2D eigenvalue weighted by Gasteiger charge is 2.21. The average molecular weight is 282 g/mol. The first-order valence-corrected chi connectivity index (χ1v) is 7.37. The molecule has 0 radical (unpaired) electrons. The van der Waals surface area contributed by atoms with Crippen LogP contribution in [0.15, 0.2) is 59.0 Å². The Balaban J connectivity index is 1.91. The second kappa shape index (κ2) is 5.55. The summed E-state index contributed by atoms with van der Waals surface area (Å²) in [6.07, 6.45) is 1.96. The van der Waals surface area contributed by atoms with Crippen LogP contribution in [0.5, 0.6) is 5.75 Å². The molecule has 0 unspecified atom stereocenters. The van der Waals surface area contributed by atoms with Crippen molar-refractivity contribution >= 4 is 23.6 Å². The van der Waals surface area contributed by atoms with E-state index in [0.717, 1.165) is 33.1 Å². The Hall–Kier alpha value is -2.00. The molecule has 0 aliphatic carbocycles. The number of thioether (sulfide) groups is 1. The van der Waals surface area contributed by atoms with E-state index in [1.165, 1.54) is 0 Å². The summed E-state index contributed by atoms with van der Waals surface area (Å²) < 4.78 is 5.14. The fourth-order valence-corrected chi connectivity index (χ4v) is 3.20. The van der Waals surface area contributed by atoms with Crippen LogP contribution >= 0.6 is 11.8 Å². The number of hydrogen-bond donors (Lipinski definition) is 0.